The average Bonchev–Trinajstić information content (AvgIpc) is 2.67. The minimum absolute atomic E-state index is 0.0720. The smallest absolute Gasteiger partial charge is 0.411 e. The zero-order valence-corrected chi connectivity index (χ0v) is 16.5. The molecule has 2 aromatic rings. The third kappa shape index (κ3) is 4.27. The molecule has 1 fully saturated rings. The van der Waals surface area contributed by atoms with Gasteiger partial charge in [-0.25, -0.2) is 9.59 Å². The molecule has 3 rings (SSSR count). The maximum atomic E-state index is 13.1. The van der Waals surface area contributed by atoms with Gasteiger partial charge in [-0.05, 0) is 44.0 Å². The summed E-state index contributed by atoms with van der Waals surface area (Å²) < 4.78 is 16.4. The van der Waals surface area contributed by atoms with Crippen LogP contribution in [0, 0.1) is 0 Å². The summed E-state index contributed by atoms with van der Waals surface area (Å²) in [6.45, 7) is 5.46. The number of amides is 1. The SMILES string of the molecule is COc1cccc([C@H]2C(=O)OC[C@H](c3ccccc3)N2C(=O)OC(C)(C)C)c1. The van der Waals surface area contributed by atoms with E-state index in [1.807, 2.05) is 30.3 Å². The molecule has 0 spiro atoms. The molecule has 0 aliphatic carbocycles. The van der Waals surface area contributed by atoms with Gasteiger partial charge in [0.2, 0.25) is 0 Å². The fourth-order valence-corrected chi connectivity index (χ4v) is 3.20. The van der Waals surface area contributed by atoms with Crippen LogP contribution in [0.5, 0.6) is 5.75 Å². The van der Waals surface area contributed by atoms with Gasteiger partial charge in [-0.3, -0.25) is 4.90 Å². The fourth-order valence-electron chi connectivity index (χ4n) is 3.20. The molecule has 2 aromatic carbocycles. The van der Waals surface area contributed by atoms with Gasteiger partial charge in [0.05, 0.1) is 13.2 Å². The van der Waals surface area contributed by atoms with Gasteiger partial charge >= 0.3 is 12.1 Å². The first-order valence-corrected chi connectivity index (χ1v) is 9.17. The maximum Gasteiger partial charge on any atom is 0.411 e. The normalized spacial score (nSPS) is 19.7. The van der Waals surface area contributed by atoms with Crippen LogP contribution in [-0.4, -0.2) is 36.3 Å². The highest BCUT2D eigenvalue weighted by Gasteiger charge is 2.44. The molecule has 0 radical (unpaired) electrons. The lowest BCUT2D eigenvalue weighted by Crippen LogP contribution is -2.49. The summed E-state index contributed by atoms with van der Waals surface area (Å²) in [6.07, 6.45) is -0.564. The number of esters is 1. The maximum absolute atomic E-state index is 13.1. The molecule has 1 saturated heterocycles. The summed E-state index contributed by atoms with van der Waals surface area (Å²) in [6, 6.07) is 15.2. The molecule has 0 aromatic heterocycles. The minimum atomic E-state index is -0.927. The van der Waals surface area contributed by atoms with E-state index in [0.29, 0.717) is 11.3 Å². The molecule has 6 nitrogen and oxygen atoms in total. The lowest BCUT2D eigenvalue weighted by Gasteiger charge is -2.41. The Morgan fingerprint density at radius 2 is 1.75 bits per heavy atom. The van der Waals surface area contributed by atoms with Crippen molar-refractivity contribution < 1.29 is 23.8 Å². The van der Waals surface area contributed by atoms with Crippen LogP contribution < -0.4 is 4.74 Å². The van der Waals surface area contributed by atoms with Crippen molar-refractivity contribution in [3.05, 3.63) is 65.7 Å². The number of methoxy groups -OCH3 is 1. The van der Waals surface area contributed by atoms with Gasteiger partial charge in [-0.1, -0.05) is 42.5 Å². The first-order chi connectivity index (χ1) is 13.3. The van der Waals surface area contributed by atoms with E-state index in [9.17, 15) is 9.59 Å². The van der Waals surface area contributed by atoms with Crippen LogP contribution in [0.15, 0.2) is 54.6 Å². The van der Waals surface area contributed by atoms with E-state index in [0.717, 1.165) is 5.56 Å². The van der Waals surface area contributed by atoms with Crippen molar-refractivity contribution in [2.24, 2.45) is 0 Å². The number of carbonyl (C=O) groups is 2. The van der Waals surface area contributed by atoms with Crippen molar-refractivity contribution in [3.63, 3.8) is 0 Å². The summed E-state index contributed by atoms with van der Waals surface area (Å²) in [4.78, 5) is 27.4. The molecule has 0 N–H and O–H groups in total. The van der Waals surface area contributed by atoms with Crippen LogP contribution in [0.2, 0.25) is 0 Å². The van der Waals surface area contributed by atoms with Crippen molar-refractivity contribution in [2.45, 2.75) is 38.5 Å². The van der Waals surface area contributed by atoms with Crippen LogP contribution in [0.4, 0.5) is 4.79 Å². The highest BCUT2D eigenvalue weighted by molar-refractivity contribution is 5.84. The molecule has 0 unspecified atom stereocenters. The second-order valence-electron chi connectivity index (χ2n) is 7.62. The van der Waals surface area contributed by atoms with E-state index in [1.54, 1.807) is 52.1 Å². The number of carbonyl (C=O) groups excluding carboxylic acids is 2. The third-order valence-corrected chi connectivity index (χ3v) is 4.42. The lowest BCUT2D eigenvalue weighted by molar-refractivity contribution is -0.162. The van der Waals surface area contributed by atoms with Gasteiger partial charge in [0.15, 0.2) is 6.04 Å². The summed E-state index contributed by atoms with van der Waals surface area (Å²) >= 11 is 0. The van der Waals surface area contributed by atoms with Crippen LogP contribution >= 0.6 is 0 Å². The van der Waals surface area contributed by atoms with Crippen LogP contribution in [0.3, 0.4) is 0 Å². The first-order valence-electron chi connectivity index (χ1n) is 9.17. The Kier molecular flexibility index (Phi) is 5.58. The average molecular weight is 383 g/mol. The quantitative estimate of drug-likeness (QED) is 0.741. The van der Waals surface area contributed by atoms with Crippen LogP contribution in [-0.2, 0) is 14.3 Å². The topological polar surface area (TPSA) is 65.1 Å². The molecule has 1 amide bonds. The molecule has 1 aliphatic heterocycles. The molecular weight excluding hydrogens is 358 g/mol. The molecule has 0 saturated carbocycles. The second-order valence-corrected chi connectivity index (χ2v) is 7.62. The van der Waals surface area contributed by atoms with E-state index in [2.05, 4.69) is 0 Å². The molecule has 148 valence electrons. The first kappa shape index (κ1) is 19.7. The number of rotatable bonds is 3. The van der Waals surface area contributed by atoms with Gasteiger partial charge in [0, 0.05) is 0 Å². The van der Waals surface area contributed by atoms with Crippen molar-refractivity contribution in [3.8, 4) is 5.75 Å². The Morgan fingerprint density at radius 3 is 2.39 bits per heavy atom. The largest absolute Gasteiger partial charge is 0.497 e. The Morgan fingerprint density at radius 1 is 1.07 bits per heavy atom. The predicted molar refractivity (Wildman–Crippen MR) is 104 cm³/mol. The zero-order valence-electron chi connectivity index (χ0n) is 16.5. The van der Waals surface area contributed by atoms with Gasteiger partial charge < -0.3 is 14.2 Å². The fraction of sp³-hybridized carbons (Fsp3) is 0.364. The Labute approximate surface area is 165 Å². The van der Waals surface area contributed by atoms with E-state index < -0.39 is 29.7 Å². The van der Waals surface area contributed by atoms with Crippen molar-refractivity contribution in [2.75, 3.05) is 13.7 Å². The standard InChI is InChI=1S/C22H25NO5/c1-22(2,3)28-21(25)23-18(15-9-6-5-7-10-15)14-27-20(24)19(23)16-11-8-12-17(13-16)26-4/h5-13,18-19H,14H2,1-4H3/t18-,19+/m1/s1. The number of hydrogen-bond donors (Lipinski definition) is 0. The monoisotopic (exact) mass is 383 g/mol. The summed E-state index contributed by atoms with van der Waals surface area (Å²) in [5.74, 6) is 0.0996. The number of ether oxygens (including phenoxy) is 3. The Bertz CT molecular complexity index is 844. The van der Waals surface area contributed by atoms with Crippen LogP contribution in [0.1, 0.15) is 44.0 Å². The molecule has 0 bridgehead atoms. The van der Waals surface area contributed by atoms with E-state index >= 15 is 0 Å². The number of cyclic esters (lactones) is 1. The second kappa shape index (κ2) is 7.92. The predicted octanol–water partition coefficient (Wildman–Crippen LogP) is 4.27. The molecule has 6 heteroatoms. The van der Waals surface area contributed by atoms with Crippen molar-refractivity contribution in [1.82, 2.24) is 4.90 Å². The van der Waals surface area contributed by atoms with Gasteiger partial charge in [-0.2, -0.15) is 0 Å². The zero-order chi connectivity index (χ0) is 20.3. The molecule has 1 aliphatic rings. The summed E-state index contributed by atoms with van der Waals surface area (Å²) in [7, 11) is 1.55. The number of morpholine rings is 1. The molecule has 28 heavy (non-hydrogen) atoms. The highest BCUT2D eigenvalue weighted by atomic mass is 16.6. The molecule has 1 heterocycles. The molecular formula is C22H25NO5. The summed E-state index contributed by atoms with van der Waals surface area (Å²) in [5.41, 5.74) is 0.781. The summed E-state index contributed by atoms with van der Waals surface area (Å²) in [5, 5.41) is 0. The number of benzene rings is 2. The van der Waals surface area contributed by atoms with Crippen LogP contribution in [0.25, 0.3) is 0 Å². The Hall–Kier alpha value is -3.02. The van der Waals surface area contributed by atoms with Gasteiger partial charge in [-0.15, -0.1) is 0 Å². The van der Waals surface area contributed by atoms with E-state index in [1.165, 1.54) is 4.90 Å². The number of nitrogens with zero attached hydrogens (tertiary/aromatic N) is 1. The van der Waals surface area contributed by atoms with E-state index in [-0.39, 0.29) is 6.61 Å². The third-order valence-electron chi connectivity index (χ3n) is 4.42. The Balaban J connectivity index is 2.07. The minimum Gasteiger partial charge on any atom is -0.497 e. The molecule has 2 atom stereocenters. The van der Waals surface area contributed by atoms with Crippen molar-refractivity contribution >= 4 is 12.1 Å². The van der Waals surface area contributed by atoms with Gasteiger partial charge in [0.1, 0.15) is 18.0 Å². The van der Waals surface area contributed by atoms with E-state index in [4.69, 9.17) is 14.2 Å². The highest BCUT2D eigenvalue weighted by Crippen LogP contribution is 2.38. The number of hydrogen-bond acceptors (Lipinski definition) is 5. The lowest BCUT2D eigenvalue weighted by atomic mass is 9.98. The van der Waals surface area contributed by atoms with Gasteiger partial charge in [0.25, 0.3) is 0 Å². The van der Waals surface area contributed by atoms with Crippen molar-refractivity contribution in [1.29, 1.82) is 0 Å².